The van der Waals surface area contributed by atoms with Gasteiger partial charge in [0.1, 0.15) is 0 Å². The number of hydrogen-bond acceptors (Lipinski definition) is 7. The first-order valence-corrected chi connectivity index (χ1v) is 10.6. The lowest BCUT2D eigenvalue weighted by atomic mass is 10.1. The second-order valence-corrected chi connectivity index (χ2v) is 7.65. The van der Waals surface area contributed by atoms with Crippen LogP contribution in [0.15, 0.2) is 41.8 Å². The van der Waals surface area contributed by atoms with Crippen molar-refractivity contribution in [1.29, 1.82) is 0 Å². The molecule has 3 aromatic rings. The van der Waals surface area contributed by atoms with Crippen LogP contribution in [0.2, 0.25) is 5.02 Å². The Morgan fingerprint density at radius 1 is 1.10 bits per heavy atom. The minimum atomic E-state index is -0.549. The fourth-order valence-corrected chi connectivity index (χ4v) is 3.97. The summed E-state index contributed by atoms with van der Waals surface area (Å²) in [6, 6.07) is 10.1. The molecule has 0 saturated heterocycles. The Bertz CT molecular complexity index is 1120. The van der Waals surface area contributed by atoms with E-state index in [1.807, 2.05) is 0 Å². The molecule has 0 unspecified atom stereocenters. The van der Waals surface area contributed by atoms with E-state index >= 15 is 0 Å². The average molecular weight is 461 g/mol. The molecule has 1 amide bonds. The lowest BCUT2D eigenvalue weighted by molar-refractivity contribution is 0.0520. The molecule has 0 bridgehead atoms. The third-order valence-corrected chi connectivity index (χ3v) is 5.48. The van der Waals surface area contributed by atoms with Crippen molar-refractivity contribution in [3.63, 3.8) is 0 Å². The van der Waals surface area contributed by atoms with Crippen LogP contribution in [0.1, 0.15) is 33.3 Å². The first-order chi connectivity index (χ1) is 14.9. The average Bonchev–Trinajstić information content (AvgIpc) is 3.23. The van der Waals surface area contributed by atoms with Gasteiger partial charge in [0.25, 0.3) is 5.91 Å². The zero-order valence-corrected chi connectivity index (χ0v) is 19.0. The van der Waals surface area contributed by atoms with E-state index in [0.717, 1.165) is 11.3 Å². The quantitative estimate of drug-likeness (QED) is 0.446. The topological polar surface area (TPSA) is 78.0 Å². The van der Waals surface area contributed by atoms with E-state index in [0.29, 0.717) is 38.5 Å². The smallest absolute Gasteiger partial charge is 0.357 e. The number of carbonyl (C=O) groups is 2. The number of carbonyl (C=O) groups excluding carboxylic acids is 2. The van der Waals surface area contributed by atoms with Gasteiger partial charge < -0.3 is 14.2 Å². The predicted molar refractivity (Wildman–Crippen MR) is 120 cm³/mol. The molecule has 31 heavy (non-hydrogen) atoms. The van der Waals surface area contributed by atoms with Gasteiger partial charge in [-0.25, -0.2) is 9.78 Å². The number of ether oxygens (including phenoxy) is 3. The number of thiazole rings is 1. The number of halogens is 1. The summed E-state index contributed by atoms with van der Waals surface area (Å²) in [5, 5.41) is 2.41. The highest BCUT2D eigenvalue weighted by Gasteiger charge is 2.26. The number of aromatic nitrogens is 1. The SMILES string of the molecule is CCOC(=O)c1csc(N(C(=O)c2ccc(Cl)cc2C)c2ccc(OC)c(OC)c2)n1. The largest absolute Gasteiger partial charge is 0.493 e. The van der Waals surface area contributed by atoms with E-state index in [1.165, 1.54) is 19.1 Å². The Labute approximate surface area is 189 Å². The Morgan fingerprint density at radius 2 is 1.84 bits per heavy atom. The van der Waals surface area contributed by atoms with Gasteiger partial charge >= 0.3 is 5.97 Å². The molecule has 3 rings (SSSR count). The van der Waals surface area contributed by atoms with Crippen molar-refractivity contribution in [3.05, 3.63) is 63.6 Å². The number of aryl methyl sites for hydroxylation is 1. The molecule has 162 valence electrons. The van der Waals surface area contributed by atoms with E-state index in [4.69, 9.17) is 25.8 Å². The molecule has 0 spiro atoms. The van der Waals surface area contributed by atoms with E-state index in [-0.39, 0.29) is 18.2 Å². The van der Waals surface area contributed by atoms with E-state index in [2.05, 4.69) is 4.98 Å². The molecule has 0 saturated carbocycles. The molecule has 7 nitrogen and oxygen atoms in total. The highest BCUT2D eigenvalue weighted by atomic mass is 35.5. The lowest BCUT2D eigenvalue weighted by Crippen LogP contribution is -2.27. The molecule has 0 N–H and O–H groups in total. The molecule has 0 fully saturated rings. The van der Waals surface area contributed by atoms with Gasteiger partial charge in [-0.2, -0.15) is 0 Å². The first-order valence-electron chi connectivity index (χ1n) is 9.34. The summed E-state index contributed by atoms with van der Waals surface area (Å²) < 4.78 is 15.7. The summed E-state index contributed by atoms with van der Waals surface area (Å²) in [6.07, 6.45) is 0. The van der Waals surface area contributed by atoms with Gasteiger partial charge in [-0.1, -0.05) is 11.6 Å². The third-order valence-electron chi connectivity index (χ3n) is 4.42. The Hall–Kier alpha value is -3.10. The zero-order chi connectivity index (χ0) is 22.5. The third kappa shape index (κ3) is 4.81. The maximum Gasteiger partial charge on any atom is 0.357 e. The van der Waals surface area contributed by atoms with Crippen LogP contribution in [0.25, 0.3) is 0 Å². The van der Waals surface area contributed by atoms with Crippen molar-refractivity contribution >= 4 is 45.6 Å². The van der Waals surface area contributed by atoms with Gasteiger partial charge in [-0.05, 0) is 49.7 Å². The van der Waals surface area contributed by atoms with E-state index < -0.39 is 5.97 Å². The van der Waals surface area contributed by atoms with Crippen LogP contribution in [0, 0.1) is 6.92 Å². The maximum absolute atomic E-state index is 13.6. The molecule has 0 aliphatic carbocycles. The molecule has 0 radical (unpaired) electrons. The van der Waals surface area contributed by atoms with Crippen molar-refractivity contribution in [2.45, 2.75) is 13.8 Å². The number of benzene rings is 2. The fraction of sp³-hybridized carbons (Fsp3) is 0.227. The fourth-order valence-electron chi connectivity index (χ4n) is 2.93. The molecule has 1 heterocycles. The summed E-state index contributed by atoms with van der Waals surface area (Å²) in [4.78, 5) is 31.5. The van der Waals surface area contributed by atoms with Crippen LogP contribution in [0.3, 0.4) is 0 Å². The van der Waals surface area contributed by atoms with Gasteiger partial charge in [-0.15, -0.1) is 11.3 Å². The second-order valence-electron chi connectivity index (χ2n) is 6.37. The van der Waals surface area contributed by atoms with Gasteiger partial charge in [0.15, 0.2) is 22.3 Å². The number of rotatable bonds is 7. The molecule has 0 aliphatic rings. The van der Waals surface area contributed by atoms with E-state index in [9.17, 15) is 9.59 Å². The Morgan fingerprint density at radius 3 is 2.48 bits per heavy atom. The summed E-state index contributed by atoms with van der Waals surface area (Å²) >= 11 is 7.22. The van der Waals surface area contributed by atoms with Gasteiger partial charge in [0.05, 0.1) is 26.5 Å². The highest BCUT2D eigenvalue weighted by molar-refractivity contribution is 7.14. The Balaban J connectivity index is 2.12. The summed E-state index contributed by atoms with van der Waals surface area (Å²) in [7, 11) is 3.04. The first kappa shape index (κ1) is 22.6. The number of methoxy groups -OCH3 is 2. The number of esters is 1. The highest BCUT2D eigenvalue weighted by Crippen LogP contribution is 2.37. The van der Waals surface area contributed by atoms with Crippen LogP contribution in [0.4, 0.5) is 10.8 Å². The summed E-state index contributed by atoms with van der Waals surface area (Å²) in [5.41, 5.74) is 1.80. The minimum Gasteiger partial charge on any atom is -0.493 e. The van der Waals surface area contributed by atoms with Gasteiger partial charge in [0, 0.05) is 22.0 Å². The molecule has 1 aromatic heterocycles. The normalized spacial score (nSPS) is 10.5. The molecule has 2 aromatic carbocycles. The van der Waals surface area contributed by atoms with Crippen molar-refractivity contribution in [2.75, 3.05) is 25.7 Å². The summed E-state index contributed by atoms with van der Waals surface area (Å²) in [6.45, 7) is 3.75. The second kappa shape index (κ2) is 9.80. The maximum atomic E-state index is 13.6. The number of nitrogens with zero attached hydrogens (tertiary/aromatic N) is 2. The minimum absolute atomic E-state index is 0.132. The van der Waals surface area contributed by atoms with Gasteiger partial charge in [-0.3, -0.25) is 9.69 Å². The number of hydrogen-bond donors (Lipinski definition) is 0. The van der Waals surface area contributed by atoms with Crippen LogP contribution >= 0.6 is 22.9 Å². The van der Waals surface area contributed by atoms with Crippen LogP contribution in [-0.4, -0.2) is 37.7 Å². The van der Waals surface area contributed by atoms with Crippen LogP contribution < -0.4 is 14.4 Å². The van der Waals surface area contributed by atoms with Crippen LogP contribution in [-0.2, 0) is 4.74 Å². The molecule has 0 aliphatic heterocycles. The van der Waals surface area contributed by atoms with Crippen molar-refractivity contribution in [3.8, 4) is 11.5 Å². The predicted octanol–water partition coefficient (Wildman–Crippen LogP) is 5.28. The standard InChI is InChI=1S/C22H21ClN2O5S/c1-5-30-21(27)17-12-31-22(24-17)25(15-7-9-18(28-3)19(11-15)29-4)20(26)16-8-6-14(23)10-13(16)2/h6-12H,5H2,1-4H3. The number of anilines is 2. The summed E-state index contributed by atoms with van der Waals surface area (Å²) in [5.74, 6) is 0.0963. The van der Waals surface area contributed by atoms with E-state index in [1.54, 1.807) is 55.6 Å². The number of amides is 1. The van der Waals surface area contributed by atoms with Gasteiger partial charge in [0.2, 0.25) is 0 Å². The molecule has 9 heteroatoms. The molecular formula is C22H21ClN2O5S. The zero-order valence-electron chi connectivity index (χ0n) is 17.5. The van der Waals surface area contributed by atoms with Crippen molar-refractivity contribution < 1.29 is 23.8 Å². The molecular weight excluding hydrogens is 440 g/mol. The van der Waals surface area contributed by atoms with Crippen molar-refractivity contribution in [2.24, 2.45) is 0 Å². The lowest BCUT2D eigenvalue weighted by Gasteiger charge is -2.22. The monoisotopic (exact) mass is 460 g/mol. The Kier molecular flexibility index (Phi) is 7.14. The van der Waals surface area contributed by atoms with Crippen molar-refractivity contribution in [1.82, 2.24) is 4.98 Å². The molecule has 0 atom stereocenters. The van der Waals surface area contributed by atoms with Crippen LogP contribution in [0.5, 0.6) is 11.5 Å².